The van der Waals surface area contributed by atoms with Crippen molar-refractivity contribution in [2.75, 3.05) is 19.8 Å². The van der Waals surface area contributed by atoms with Crippen LogP contribution in [0.15, 0.2) is 30.5 Å². The van der Waals surface area contributed by atoms with Crippen molar-refractivity contribution in [2.24, 2.45) is 0 Å². The molecule has 1 aromatic carbocycles. The molecule has 9 heteroatoms. The number of hydrogen-bond donors (Lipinski definition) is 1. The van der Waals surface area contributed by atoms with E-state index < -0.39 is 5.97 Å². The number of amides is 1. The van der Waals surface area contributed by atoms with Crippen molar-refractivity contribution in [1.29, 1.82) is 0 Å². The van der Waals surface area contributed by atoms with E-state index in [0.29, 0.717) is 47.0 Å². The third-order valence-corrected chi connectivity index (χ3v) is 5.47. The molecule has 9 nitrogen and oxygen atoms in total. The summed E-state index contributed by atoms with van der Waals surface area (Å²) < 4.78 is 18.4. The molecule has 0 spiro atoms. The van der Waals surface area contributed by atoms with Crippen molar-refractivity contribution in [3.63, 3.8) is 0 Å². The molecule has 1 aliphatic heterocycles. The van der Waals surface area contributed by atoms with E-state index in [4.69, 9.17) is 19.2 Å². The van der Waals surface area contributed by atoms with E-state index >= 15 is 0 Å². The number of benzene rings is 1. The Hall–Kier alpha value is -3.62. The monoisotopic (exact) mass is 452 g/mol. The van der Waals surface area contributed by atoms with Gasteiger partial charge in [-0.1, -0.05) is 6.92 Å². The van der Waals surface area contributed by atoms with Gasteiger partial charge in [-0.25, -0.2) is 14.5 Å². The van der Waals surface area contributed by atoms with Gasteiger partial charge in [0.25, 0.3) is 5.91 Å². The average Bonchev–Trinajstić information content (AvgIpc) is 3.26. The van der Waals surface area contributed by atoms with Gasteiger partial charge >= 0.3 is 5.97 Å². The molecule has 1 atom stereocenters. The maximum atomic E-state index is 13.0. The molecule has 0 bridgehead atoms. The van der Waals surface area contributed by atoms with Gasteiger partial charge in [-0.15, -0.1) is 0 Å². The molecule has 0 radical (unpaired) electrons. The zero-order chi connectivity index (χ0) is 23.5. The summed E-state index contributed by atoms with van der Waals surface area (Å²) in [6, 6.07) is 7.24. The average molecular weight is 453 g/mol. The molecule has 1 aliphatic rings. The summed E-state index contributed by atoms with van der Waals surface area (Å²) in [6.45, 7) is 8.46. The van der Waals surface area contributed by atoms with Crippen LogP contribution >= 0.6 is 0 Å². The molecule has 1 amide bonds. The number of carbonyl (C=O) groups excluding carboxylic acids is 2. The van der Waals surface area contributed by atoms with Crippen LogP contribution in [0.5, 0.6) is 11.5 Å². The maximum absolute atomic E-state index is 13.0. The highest BCUT2D eigenvalue weighted by Crippen LogP contribution is 2.35. The van der Waals surface area contributed by atoms with Crippen LogP contribution in [0.4, 0.5) is 0 Å². The Labute approximate surface area is 192 Å². The Balaban J connectivity index is 1.70. The van der Waals surface area contributed by atoms with E-state index in [1.54, 1.807) is 16.9 Å². The Kier molecular flexibility index (Phi) is 6.48. The lowest BCUT2D eigenvalue weighted by molar-refractivity contribution is -0.124. The summed E-state index contributed by atoms with van der Waals surface area (Å²) in [5.74, 6) is 0.353. The number of pyridine rings is 1. The Morgan fingerprint density at radius 1 is 1.15 bits per heavy atom. The van der Waals surface area contributed by atoms with Crippen LogP contribution in [-0.4, -0.2) is 52.5 Å². The summed E-state index contributed by atoms with van der Waals surface area (Å²) in [5, 5.41) is 7.77. The minimum absolute atomic E-state index is 0.00918. The molecule has 2 aromatic heterocycles. The van der Waals surface area contributed by atoms with Gasteiger partial charge < -0.3 is 19.5 Å². The van der Waals surface area contributed by atoms with Crippen LogP contribution < -0.4 is 14.8 Å². The van der Waals surface area contributed by atoms with E-state index in [0.717, 1.165) is 12.0 Å². The molecule has 33 heavy (non-hydrogen) atoms. The van der Waals surface area contributed by atoms with Crippen LogP contribution in [0.3, 0.4) is 0 Å². The summed E-state index contributed by atoms with van der Waals surface area (Å²) in [6.07, 6.45) is 2.39. The van der Waals surface area contributed by atoms with E-state index in [1.807, 2.05) is 45.9 Å². The minimum Gasteiger partial charge on any atom is -0.486 e. The number of hydrogen-bond acceptors (Lipinski definition) is 7. The molecule has 4 rings (SSSR count). The van der Waals surface area contributed by atoms with Gasteiger partial charge in [-0.2, -0.15) is 5.10 Å². The highest BCUT2D eigenvalue weighted by molar-refractivity contribution is 6.04. The maximum Gasteiger partial charge on any atom is 0.339 e. The second kappa shape index (κ2) is 9.48. The summed E-state index contributed by atoms with van der Waals surface area (Å²) >= 11 is 0. The molecule has 0 saturated carbocycles. The molecule has 0 aliphatic carbocycles. The van der Waals surface area contributed by atoms with Crippen LogP contribution in [0.2, 0.25) is 0 Å². The van der Waals surface area contributed by atoms with Gasteiger partial charge in [0.2, 0.25) is 0 Å². The molecule has 3 heterocycles. The van der Waals surface area contributed by atoms with E-state index in [9.17, 15) is 9.59 Å². The number of aromatic nitrogens is 3. The van der Waals surface area contributed by atoms with Crippen molar-refractivity contribution in [1.82, 2.24) is 20.1 Å². The van der Waals surface area contributed by atoms with Gasteiger partial charge in [0, 0.05) is 17.6 Å². The van der Waals surface area contributed by atoms with Crippen LogP contribution in [0, 0.1) is 0 Å². The van der Waals surface area contributed by atoms with Crippen LogP contribution in [-0.2, 0) is 9.53 Å². The number of nitrogens with zero attached hydrogens (tertiary/aromatic N) is 3. The number of carbonyl (C=O) groups is 2. The predicted octanol–water partition coefficient (Wildman–Crippen LogP) is 3.52. The lowest BCUT2D eigenvalue weighted by atomic mass is 10.1. The predicted molar refractivity (Wildman–Crippen MR) is 123 cm³/mol. The van der Waals surface area contributed by atoms with Crippen molar-refractivity contribution in [3.05, 3.63) is 36.0 Å². The number of nitrogens with one attached hydrogen (secondary N) is 1. The van der Waals surface area contributed by atoms with Gasteiger partial charge in [-0.05, 0) is 51.5 Å². The Morgan fingerprint density at radius 3 is 2.64 bits per heavy atom. The molecular weight excluding hydrogens is 424 g/mol. The Morgan fingerprint density at radius 2 is 1.91 bits per heavy atom. The normalized spacial score (nSPS) is 13.7. The van der Waals surface area contributed by atoms with E-state index in [2.05, 4.69) is 10.4 Å². The minimum atomic E-state index is -0.608. The van der Waals surface area contributed by atoms with E-state index in [1.165, 1.54) is 0 Å². The quantitative estimate of drug-likeness (QED) is 0.547. The topological polar surface area (TPSA) is 105 Å². The fourth-order valence-corrected chi connectivity index (χ4v) is 3.54. The largest absolute Gasteiger partial charge is 0.486 e. The SMILES string of the molecule is CCC(C)NC(=O)COC(=O)c1cc(-c2ccc3c(c2)OCCO3)nc2c1cnn2C(C)C. The smallest absolute Gasteiger partial charge is 0.339 e. The number of fused-ring (bicyclic) bond motifs is 2. The fourth-order valence-electron chi connectivity index (χ4n) is 3.54. The highest BCUT2D eigenvalue weighted by atomic mass is 16.6. The van der Waals surface area contributed by atoms with Gasteiger partial charge in [0.1, 0.15) is 13.2 Å². The Bertz CT molecular complexity index is 1190. The summed E-state index contributed by atoms with van der Waals surface area (Å²) in [5.41, 5.74) is 2.20. The van der Waals surface area contributed by atoms with Gasteiger partial charge in [0.05, 0.1) is 22.8 Å². The zero-order valence-electron chi connectivity index (χ0n) is 19.3. The van der Waals surface area contributed by atoms with Gasteiger partial charge in [0.15, 0.2) is 23.8 Å². The standard InChI is InChI=1S/C24H28N4O5/c1-5-15(4)26-22(29)13-33-24(30)17-11-19(27-23-18(17)12-25-28(23)14(2)3)16-6-7-20-21(10-16)32-9-8-31-20/h6-7,10-12,14-15H,5,8-9,13H2,1-4H3,(H,26,29). The molecular formula is C24H28N4O5. The first-order valence-corrected chi connectivity index (χ1v) is 11.1. The molecule has 1 unspecified atom stereocenters. The molecule has 174 valence electrons. The lowest BCUT2D eigenvalue weighted by Gasteiger charge is -2.19. The number of esters is 1. The first-order valence-electron chi connectivity index (χ1n) is 11.1. The molecule has 1 N–H and O–H groups in total. The third kappa shape index (κ3) is 4.76. The van der Waals surface area contributed by atoms with Gasteiger partial charge in [-0.3, -0.25) is 4.79 Å². The zero-order valence-corrected chi connectivity index (χ0v) is 19.3. The molecule has 0 fully saturated rings. The highest BCUT2D eigenvalue weighted by Gasteiger charge is 2.21. The summed E-state index contributed by atoms with van der Waals surface area (Å²) in [7, 11) is 0. The molecule has 3 aromatic rings. The summed E-state index contributed by atoms with van der Waals surface area (Å²) in [4.78, 5) is 29.9. The fraction of sp³-hybridized carbons (Fsp3) is 0.417. The first kappa shape index (κ1) is 22.6. The first-order chi connectivity index (χ1) is 15.9. The van der Waals surface area contributed by atoms with Crippen molar-refractivity contribution in [2.45, 2.75) is 46.2 Å². The van der Waals surface area contributed by atoms with E-state index in [-0.39, 0.29) is 24.6 Å². The lowest BCUT2D eigenvalue weighted by Crippen LogP contribution is -2.35. The van der Waals surface area contributed by atoms with Crippen LogP contribution in [0.25, 0.3) is 22.3 Å². The van der Waals surface area contributed by atoms with Crippen molar-refractivity contribution >= 4 is 22.9 Å². The second-order valence-electron chi connectivity index (χ2n) is 8.29. The second-order valence-corrected chi connectivity index (χ2v) is 8.29. The number of rotatable bonds is 7. The number of ether oxygens (including phenoxy) is 3. The van der Waals surface area contributed by atoms with Crippen LogP contribution in [0.1, 0.15) is 50.5 Å². The molecule has 0 saturated heterocycles. The van der Waals surface area contributed by atoms with Crippen molar-refractivity contribution in [3.8, 4) is 22.8 Å². The van der Waals surface area contributed by atoms with Crippen molar-refractivity contribution < 1.29 is 23.8 Å². The third-order valence-electron chi connectivity index (χ3n) is 5.47.